The first-order valence-corrected chi connectivity index (χ1v) is 14.4. The van der Waals surface area contributed by atoms with E-state index < -0.39 is 0 Å². The number of rotatable bonds is 9. The van der Waals surface area contributed by atoms with Crippen LogP contribution in [0.2, 0.25) is 0 Å². The minimum Gasteiger partial charge on any atom is -0.494 e. The Kier molecular flexibility index (Phi) is 7.75. The van der Waals surface area contributed by atoms with E-state index in [2.05, 4.69) is 69.3 Å². The molecule has 0 amide bonds. The predicted molar refractivity (Wildman–Crippen MR) is 152 cm³/mol. The Bertz CT molecular complexity index is 1350. The minimum atomic E-state index is -0.178. The average molecular weight is 517 g/mol. The second-order valence-corrected chi connectivity index (χ2v) is 11.7. The lowest BCUT2D eigenvalue weighted by Gasteiger charge is -2.30. The van der Waals surface area contributed by atoms with Gasteiger partial charge in [0.15, 0.2) is 5.82 Å². The molecule has 6 heteroatoms. The summed E-state index contributed by atoms with van der Waals surface area (Å²) < 4.78 is 12.0. The van der Waals surface area contributed by atoms with Crippen molar-refractivity contribution in [1.82, 2.24) is 9.97 Å². The van der Waals surface area contributed by atoms with E-state index in [4.69, 9.17) is 19.4 Å². The first-order valence-electron chi connectivity index (χ1n) is 12.6. The average Bonchev–Trinajstić information content (AvgIpc) is 3.24. The van der Waals surface area contributed by atoms with Crippen LogP contribution in [0.3, 0.4) is 0 Å². The molecule has 1 aliphatic heterocycles. The molecule has 0 spiro atoms. The second-order valence-electron chi connectivity index (χ2n) is 9.61. The van der Waals surface area contributed by atoms with Gasteiger partial charge < -0.3 is 9.47 Å². The Balaban J connectivity index is 1.46. The van der Waals surface area contributed by atoms with Crippen molar-refractivity contribution in [3.05, 3.63) is 76.7 Å². The Morgan fingerprint density at radius 1 is 1.08 bits per heavy atom. The number of thiophene rings is 1. The van der Waals surface area contributed by atoms with Crippen LogP contribution in [0.15, 0.2) is 65.7 Å². The second kappa shape index (κ2) is 11.2. The number of nitrogens with zero attached hydrogens (tertiary/aromatic N) is 2. The summed E-state index contributed by atoms with van der Waals surface area (Å²) in [7, 11) is 0. The smallest absolute Gasteiger partial charge is 0.162 e. The summed E-state index contributed by atoms with van der Waals surface area (Å²) in [6.07, 6.45) is 7.44. The number of ether oxygens (including phenoxy) is 2. The van der Waals surface area contributed by atoms with E-state index in [-0.39, 0.29) is 5.60 Å². The molecule has 4 nitrogen and oxygen atoms in total. The van der Waals surface area contributed by atoms with Crippen molar-refractivity contribution in [3.8, 4) is 17.1 Å². The van der Waals surface area contributed by atoms with E-state index in [1.165, 1.54) is 21.4 Å². The summed E-state index contributed by atoms with van der Waals surface area (Å²) in [5, 5.41) is 2.25. The molecular weight excluding hydrogens is 484 g/mol. The molecule has 0 unspecified atom stereocenters. The third-order valence-corrected chi connectivity index (χ3v) is 8.23. The number of thioether (sulfide) groups is 1. The molecule has 0 bridgehead atoms. The number of hydrogen-bond acceptors (Lipinski definition) is 6. The summed E-state index contributed by atoms with van der Waals surface area (Å²) in [6.45, 7) is 7.88. The highest BCUT2D eigenvalue weighted by Gasteiger charge is 2.31. The minimum absolute atomic E-state index is 0.178. The van der Waals surface area contributed by atoms with Gasteiger partial charge in [0.05, 0.1) is 18.8 Å². The highest BCUT2D eigenvalue weighted by Crippen LogP contribution is 2.42. The van der Waals surface area contributed by atoms with Crippen LogP contribution in [-0.4, -0.2) is 27.9 Å². The number of fused-ring (bicyclic) bond motifs is 3. The van der Waals surface area contributed by atoms with Crippen molar-refractivity contribution < 1.29 is 9.47 Å². The van der Waals surface area contributed by atoms with Crippen molar-refractivity contribution in [3.63, 3.8) is 0 Å². The summed E-state index contributed by atoms with van der Waals surface area (Å²) in [6, 6.07) is 18.6. The van der Waals surface area contributed by atoms with Crippen LogP contribution in [0.5, 0.6) is 5.75 Å². The number of unbranched alkanes of at least 4 members (excludes halogenated alkanes) is 1. The zero-order valence-electron chi connectivity index (χ0n) is 21.1. The van der Waals surface area contributed by atoms with Gasteiger partial charge in [0.1, 0.15) is 15.6 Å². The van der Waals surface area contributed by atoms with Crippen molar-refractivity contribution in [2.75, 3.05) is 12.4 Å². The normalized spacial score (nSPS) is 14.9. The predicted octanol–water partition coefficient (Wildman–Crippen LogP) is 8.19. The van der Waals surface area contributed by atoms with E-state index >= 15 is 0 Å². The zero-order valence-corrected chi connectivity index (χ0v) is 22.8. The Morgan fingerprint density at radius 2 is 1.89 bits per heavy atom. The highest BCUT2D eigenvalue weighted by molar-refractivity contribution is 7.99. The van der Waals surface area contributed by atoms with E-state index in [1.807, 2.05) is 18.2 Å². The van der Waals surface area contributed by atoms with Crippen LogP contribution in [0.1, 0.15) is 49.6 Å². The first kappa shape index (κ1) is 25.0. The van der Waals surface area contributed by atoms with E-state index in [0.717, 1.165) is 58.6 Å². The van der Waals surface area contributed by atoms with Gasteiger partial charge in [-0.1, -0.05) is 55.8 Å². The monoisotopic (exact) mass is 516 g/mol. The summed E-state index contributed by atoms with van der Waals surface area (Å²) in [5.41, 5.74) is 3.39. The lowest BCUT2D eigenvalue weighted by Crippen LogP contribution is -2.31. The van der Waals surface area contributed by atoms with Crippen LogP contribution in [0.25, 0.3) is 27.7 Å². The van der Waals surface area contributed by atoms with Crippen LogP contribution in [0.4, 0.5) is 0 Å². The van der Waals surface area contributed by atoms with Gasteiger partial charge in [-0.15, -0.1) is 23.1 Å². The van der Waals surface area contributed by atoms with Crippen LogP contribution in [0, 0.1) is 0 Å². The molecule has 36 heavy (non-hydrogen) atoms. The third-order valence-electron chi connectivity index (χ3n) is 6.20. The van der Waals surface area contributed by atoms with Gasteiger partial charge in [-0.05, 0) is 55.7 Å². The SMILES string of the molecule is CCCCOc1ccc(-c2nc(SC/C=C/c3ccccc3)c3c4c(sc3n2)COC(C)(C)C4)cc1. The fraction of sp³-hybridized carbons (Fsp3) is 0.333. The van der Waals surface area contributed by atoms with Crippen molar-refractivity contribution in [2.45, 2.75) is 57.3 Å². The summed E-state index contributed by atoms with van der Waals surface area (Å²) in [5.74, 6) is 2.49. The summed E-state index contributed by atoms with van der Waals surface area (Å²) in [4.78, 5) is 12.4. The quantitative estimate of drug-likeness (QED) is 0.127. The lowest BCUT2D eigenvalue weighted by atomic mass is 9.94. The van der Waals surface area contributed by atoms with E-state index in [1.54, 1.807) is 23.1 Å². The molecule has 0 aliphatic carbocycles. The van der Waals surface area contributed by atoms with Gasteiger partial charge >= 0.3 is 0 Å². The number of aromatic nitrogens is 2. The van der Waals surface area contributed by atoms with Gasteiger partial charge in [-0.2, -0.15) is 0 Å². The zero-order chi connectivity index (χ0) is 25.0. The van der Waals surface area contributed by atoms with Crippen molar-refractivity contribution in [1.29, 1.82) is 0 Å². The maximum Gasteiger partial charge on any atom is 0.162 e. The molecule has 2 aromatic carbocycles. The van der Waals surface area contributed by atoms with Gasteiger partial charge in [0, 0.05) is 28.0 Å². The molecule has 0 saturated carbocycles. The number of hydrogen-bond donors (Lipinski definition) is 0. The maximum absolute atomic E-state index is 6.11. The van der Waals surface area contributed by atoms with E-state index in [0.29, 0.717) is 6.61 Å². The van der Waals surface area contributed by atoms with Crippen LogP contribution >= 0.6 is 23.1 Å². The van der Waals surface area contributed by atoms with Gasteiger partial charge in [0.25, 0.3) is 0 Å². The molecular formula is C30H32N2O2S2. The van der Waals surface area contributed by atoms with Gasteiger partial charge in [0.2, 0.25) is 0 Å². The van der Waals surface area contributed by atoms with Crippen molar-refractivity contribution >= 4 is 39.4 Å². The van der Waals surface area contributed by atoms with Gasteiger partial charge in [-0.25, -0.2) is 9.97 Å². The third kappa shape index (κ3) is 5.83. The molecule has 1 aliphatic rings. The summed E-state index contributed by atoms with van der Waals surface area (Å²) >= 11 is 3.52. The molecule has 0 atom stereocenters. The topological polar surface area (TPSA) is 44.2 Å². The van der Waals surface area contributed by atoms with Crippen LogP contribution < -0.4 is 4.74 Å². The fourth-order valence-corrected chi connectivity index (χ4v) is 6.29. The molecule has 3 heterocycles. The van der Waals surface area contributed by atoms with E-state index in [9.17, 15) is 0 Å². The van der Waals surface area contributed by atoms with Gasteiger partial charge in [-0.3, -0.25) is 0 Å². The maximum atomic E-state index is 6.11. The molecule has 4 aromatic rings. The molecule has 186 valence electrons. The Hall–Kier alpha value is -2.67. The fourth-order valence-electron chi connectivity index (χ4n) is 4.26. The molecule has 0 saturated heterocycles. The standard InChI is InChI=1S/C30H32N2O2S2/c1-4-5-17-33-23-15-13-22(14-16-23)27-31-28(35-18-9-12-21-10-7-6-8-11-21)26-24-19-30(2,3)34-20-25(24)36-29(26)32-27/h6-16H,4-5,17-20H2,1-3H3/b12-9+. The molecule has 0 N–H and O–H groups in total. The molecule has 0 fully saturated rings. The largest absolute Gasteiger partial charge is 0.494 e. The first-order chi connectivity index (χ1) is 17.5. The molecule has 5 rings (SSSR count). The lowest BCUT2D eigenvalue weighted by molar-refractivity contribution is -0.0379. The highest BCUT2D eigenvalue weighted by atomic mass is 32.2. The Labute approximate surface area is 221 Å². The van der Waals surface area contributed by atoms with Crippen LogP contribution in [-0.2, 0) is 17.8 Å². The molecule has 0 radical (unpaired) electrons. The number of benzene rings is 2. The Morgan fingerprint density at radius 3 is 2.67 bits per heavy atom. The molecule has 2 aromatic heterocycles. The van der Waals surface area contributed by atoms with Crippen molar-refractivity contribution in [2.24, 2.45) is 0 Å².